The lowest BCUT2D eigenvalue weighted by molar-refractivity contribution is 1.00. The normalized spacial score (nSPS) is 13.3. The van der Waals surface area contributed by atoms with Crippen LogP contribution in [-0.4, -0.2) is 0 Å². The third kappa shape index (κ3) is 2.29. The van der Waals surface area contributed by atoms with Crippen molar-refractivity contribution >= 4 is 27.6 Å². The highest BCUT2D eigenvalue weighted by Crippen LogP contribution is 2.38. The number of allylic oxidation sites excluding steroid dienone is 1. The summed E-state index contributed by atoms with van der Waals surface area (Å²) in [6.07, 6.45) is 6.89. The maximum absolute atomic E-state index is 2.39. The smallest absolute Gasteiger partial charge is 0.00992 e. The predicted molar refractivity (Wildman–Crippen MR) is 109 cm³/mol. The van der Waals surface area contributed by atoms with Crippen molar-refractivity contribution < 1.29 is 0 Å². The second kappa shape index (κ2) is 5.60. The van der Waals surface area contributed by atoms with Gasteiger partial charge in [-0.25, -0.2) is 0 Å². The van der Waals surface area contributed by atoms with E-state index in [2.05, 4.69) is 85.8 Å². The molecule has 0 heterocycles. The van der Waals surface area contributed by atoms with Gasteiger partial charge in [-0.1, -0.05) is 78.4 Å². The molecule has 4 aromatic rings. The largest absolute Gasteiger partial charge is 0.0836 e. The van der Waals surface area contributed by atoms with Crippen LogP contribution in [-0.2, 0) is 6.42 Å². The van der Waals surface area contributed by atoms with Gasteiger partial charge in [0.2, 0.25) is 0 Å². The zero-order valence-electron chi connectivity index (χ0n) is 14.4. The van der Waals surface area contributed by atoms with E-state index in [1.807, 2.05) is 0 Å². The van der Waals surface area contributed by atoms with Crippen molar-refractivity contribution in [3.8, 4) is 11.1 Å². The summed E-state index contributed by atoms with van der Waals surface area (Å²) in [5.41, 5.74) is 6.82. The van der Waals surface area contributed by atoms with Crippen LogP contribution in [0.1, 0.15) is 23.1 Å². The van der Waals surface area contributed by atoms with E-state index >= 15 is 0 Å². The van der Waals surface area contributed by atoms with Gasteiger partial charge in [-0.15, -0.1) is 0 Å². The van der Waals surface area contributed by atoms with Crippen LogP contribution in [0.3, 0.4) is 0 Å². The maximum atomic E-state index is 2.39. The first-order valence-corrected chi connectivity index (χ1v) is 9.02. The van der Waals surface area contributed by atoms with E-state index in [4.69, 9.17) is 0 Å². The number of rotatable bonds is 1. The fourth-order valence-corrected chi connectivity index (χ4v) is 4.10. The molecule has 0 saturated carbocycles. The summed E-state index contributed by atoms with van der Waals surface area (Å²) in [7, 11) is 0. The van der Waals surface area contributed by atoms with Gasteiger partial charge in [0.25, 0.3) is 0 Å². The Labute approximate surface area is 148 Å². The van der Waals surface area contributed by atoms with E-state index in [-0.39, 0.29) is 0 Å². The fraction of sp³-hybridized carbons (Fsp3) is 0.120. The third-order valence-corrected chi connectivity index (χ3v) is 5.41. The Bertz CT molecular complexity index is 1130. The van der Waals surface area contributed by atoms with Crippen LogP contribution in [0.15, 0.2) is 72.8 Å². The summed E-state index contributed by atoms with van der Waals surface area (Å²) < 4.78 is 0. The Kier molecular flexibility index (Phi) is 3.24. The van der Waals surface area contributed by atoms with E-state index < -0.39 is 0 Å². The summed E-state index contributed by atoms with van der Waals surface area (Å²) in [6.45, 7) is 2.14. The number of fused-ring (bicyclic) bond motifs is 6. The lowest BCUT2D eigenvalue weighted by Gasteiger charge is -2.18. The van der Waals surface area contributed by atoms with Crippen LogP contribution in [0.5, 0.6) is 0 Å². The molecular weight excluding hydrogens is 300 g/mol. The van der Waals surface area contributed by atoms with Gasteiger partial charge in [0.05, 0.1) is 0 Å². The van der Waals surface area contributed by atoms with Gasteiger partial charge in [0, 0.05) is 0 Å². The molecule has 1 aliphatic carbocycles. The Morgan fingerprint density at radius 1 is 0.680 bits per heavy atom. The second-order valence-electron chi connectivity index (χ2n) is 7.01. The molecule has 0 heteroatoms. The van der Waals surface area contributed by atoms with Crippen LogP contribution < -0.4 is 0 Å². The highest BCUT2D eigenvalue weighted by molar-refractivity contribution is 6.13. The summed E-state index contributed by atoms with van der Waals surface area (Å²) in [5.74, 6) is 0. The second-order valence-corrected chi connectivity index (χ2v) is 7.01. The molecule has 0 unspecified atom stereocenters. The summed E-state index contributed by atoms with van der Waals surface area (Å²) in [4.78, 5) is 0. The first kappa shape index (κ1) is 14.5. The minimum absolute atomic E-state index is 1.13. The highest BCUT2D eigenvalue weighted by Gasteiger charge is 2.15. The molecule has 0 aromatic heterocycles. The monoisotopic (exact) mass is 320 g/mol. The van der Waals surface area contributed by atoms with E-state index in [9.17, 15) is 0 Å². The van der Waals surface area contributed by atoms with Crippen LogP contribution in [0, 0.1) is 6.92 Å². The van der Waals surface area contributed by atoms with Crippen molar-refractivity contribution in [2.45, 2.75) is 19.8 Å². The molecule has 0 fully saturated rings. The van der Waals surface area contributed by atoms with Crippen LogP contribution in [0.4, 0.5) is 0 Å². The van der Waals surface area contributed by atoms with Crippen molar-refractivity contribution in [1.82, 2.24) is 0 Å². The lowest BCUT2D eigenvalue weighted by Crippen LogP contribution is -1.98. The minimum Gasteiger partial charge on any atom is -0.0836 e. The molecule has 0 nitrogen and oxygen atoms in total. The fourth-order valence-electron chi connectivity index (χ4n) is 4.10. The molecule has 0 N–H and O–H groups in total. The predicted octanol–water partition coefficient (Wildman–Crippen LogP) is 6.93. The van der Waals surface area contributed by atoms with Crippen molar-refractivity contribution in [1.29, 1.82) is 0 Å². The zero-order chi connectivity index (χ0) is 16.8. The SMILES string of the molecule is Cc1ccc(-c2ccc3c(c2)c2c(c4ccccc43)C=CCC2)cc1. The Hall–Kier alpha value is -2.86. The quantitative estimate of drug-likeness (QED) is 0.334. The Morgan fingerprint density at radius 3 is 2.24 bits per heavy atom. The lowest BCUT2D eigenvalue weighted by atomic mass is 9.85. The van der Waals surface area contributed by atoms with Gasteiger partial charge < -0.3 is 0 Å². The Balaban J connectivity index is 1.86. The van der Waals surface area contributed by atoms with Crippen molar-refractivity contribution in [3.05, 3.63) is 89.5 Å². The number of hydrogen-bond acceptors (Lipinski definition) is 0. The molecular formula is C25H20. The van der Waals surface area contributed by atoms with E-state index in [0.717, 1.165) is 12.8 Å². The van der Waals surface area contributed by atoms with Gasteiger partial charge >= 0.3 is 0 Å². The summed E-state index contributed by atoms with van der Waals surface area (Å²) >= 11 is 0. The zero-order valence-corrected chi connectivity index (χ0v) is 14.4. The molecule has 0 amide bonds. The summed E-state index contributed by atoms with van der Waals surface area (Å²) in [6, 6.07) is 24.6. The van der Waals surface area contributed by atoms with Gasteiger partial charge in [-0.2, -0.15) is 0 Å². The summed E-state index contributed by atoms with van der Waals surface area (Å²) in [5, 5.41) is 5.53. The first-order chi connectivity index (χ1) is 12.3. The molecule has 5 rings (SSSR count). The molecule has 0 radical (unpaired) electrons. The van der Waals surface area contributed by atoms with Gasteiger partial charge in [-0.3, -0.25) is 0 Å². The average molecular weight is 320 g/mol. The van der Waals surface area contributed by atoms with Crippen LogP contribution >= 0.6 is 0 Å². The molecule has 0 spiro atoms. The van der Waals surface area contributed by atoms with E-state index in [1.54, 1.807) is 0 Å². The van der Waals surface area contributed by atoms with Crippen molar-refractivity contribution in [2.75, 3.05) is 0 Å². The number of hydrogen-bond donors (Lipinski definition) is 0. The van der Waals surface area contributed by atoms with Gasteiger partial charge in [-0.05, 0) is 69.6 Å². The first-order valence-electron chi connectivity index (χ1n) is 9.02. The molecule has 0 saturated heterocycles. The van der Waals surface area contributed by atoms with Crippen LogP contribution in [0.25, 0.3) is 38.7 Å². The molecule has 1 aliphatic rings. The minimum atomic E-state index is 1.13. The van der Waals surface area contributed by atoms with Crippen molar-refractivity contribution in [2.24, 2.45) is 0 Å². The third-order valence-electron chi connectivity index (χ3n) is 5.41. The molecule has 120 valence electrons. The van der Waals surface area contributed by atoms with Gasteiger partial charge in [0.15, 0.2) is 0 Å². The Morgan fingerprint density at radius 2 is 1.40 bits per heavy atom. The van der Waals surface area contributed by atoms with Gasteiger partial charge in [0.1, 0.15) is 0 Å². The standard InChI is InChI=1S/C25H20/c1-17-10-12-18(13-11-17)19-14-15-24-22-8-3-2-6-20(22)21-7-4-5-9-23(21)25(24)16-19/h2-4,6-8,10-16H,5,9H2,1H3. The topological polar surface area (TPSA) is 0 Å². The molecule has 0 bridgehead atoms. The number of benzene rings is 4. The molecule has 4 aromatic carbocycles. The molecule has 0 aliphatic heterocycles. The van der Waals surface area contributed by atoms with Crippen LogP contribution in [0.2, 0.25) is 0 Å². The van der Waals surface area contributed by atoms with E-state index in [1.165, 1.54) is 49.4 Å². The maximum Gasteiger partial charge on any atom is -0.00992 e. The average Bonchev–Trinajstić information content (AvgIpc) is 2.68. The number of aryl methyl sites for hydroxylation is 2. The highest BCUT2D eigenvalue weighted by atomic mass is 14.2. The molecule has 25 heavy (non-hydrogen) atoms. The molecule has 0 atom stereocenters. The van der Waals surface area contributed by atoms with E-state index in [0.29, 0.717) is 0 Å². The van der Waals surface area contributed by atoms with Crippen molar-refractivity contribution in [3.63, 3.8) is 0 Å².